The van der Waals surface area contributed by atoms with Crippen molar-refractivity contribution in [2.24, 2.45) is 0 Å². The number of nitrogens with one attached hydrogen (secondary N) is 1. The molecule has 0 aliphatic carbocycles. The van der Waals surface area contributed by atoms with Crippen LogP contribution in [0.3, 0.4) is 0 Å². The lowest BCUT2D eigenvalue weighted by atomic mass is 9.89. The van der Waals surface area contributed by atoms with E-state index in [0.717, 1.165) is 11.3 Å². The van der Waals surface area contributed by atoms with Gasteiger partial charge in [0.2, 0.25) is 0 Å². The molecule has 0 amide bonds. The second-order valence-electron chi connectivity index (χ2n) is 5.64. The molecule has 2 aromatic carbocycles. The zero-order valence-electron chi connectivity index (χ0n) is 13.5. The molecular formula is C19H18N2O3. The molecule has 24 heavy (non-hydrogen) atoms. The third kappa shape index (κ3) is 3.01. The molecule has 5 nitrogen and oxygen atoms in total. The van der Waals surface area contributed by atoms with Crippen molar-refractivity contribution < 1.29 is 9.66 Å². The molecule has 0 aromatic heterocycles. The lowest BCUT2D eigenvalue weighted by Crippen LogP contribution is -2.29. The Morgan fingerprint density at radius 1 is 0.958 bits per heavy atom. The van der Waals surface area contributed by atoms with Gasteiger partial charge in [-0.25, -0.2) is 0 Å². The topological polar surface area (TPSA) is 64.4 Å². The van der Waals surface area contributed by atoms with Crippen LogP contribution >= 0.6 is 0 Å². The quantitative estimate of drug-likeness (QED) is 0.677. The third-order valence-electron chi connectivity index (χ3n) is 3.97. The Kier molecular flexibility index (Phi) is 4.33. The van der Waals surface area contributed by atoms with Crippen LogP contribution in [0.1, 0.15) is 25.3 Å². The van der Waals surface area contributed by atoms with Gasteiger partial charge in [-0.1, -0.05) is 48.5 Å². The number of nitrogens with zero attached hydrogens (tertiary/aromatic N) is 1. The van der Waals surface area contributed by atoms with Gasteiger partial charge in [0.25, 0.3) is 5.70 Å². The highest BCUT2D eigenvalue weighted by molar-refractivity contribution is 5.42. The second-order valence-corrected chi connectivity index (χ2v) is 5.64. The summed E-state index contributed by atoms with van der Waals surface area (Å²) in [6, 6.07) is 18.7. The fourth-order valence-electron chi connectivity index (χ4n) is 2.91. The van der Waals surface area contributed by atoms with Crippen molar-refractivity contribution in [3.8, 4) is 5.75 Å². The molecule has 0 saturated carbocycles. The molecule has 1 atom stereocenters. The van der Waals surface area contributed by atoms with Gasteiger partial charge in [-0.05, 0) is 31.5 Å². The minimum Gasteiger partial charge on any atom is -0.459 e. The number of rotatable bonds is 4. The number of benzene rings is 2. The highest BCUT2D eigenvalue weighted by atomic mass is 16.6. The minimum absolute atomic E-state index is 0.109. The highest BCUT2D eigenvalue weighted by Crippen LogP contribution is 2.38. The maximum Gasteiger partial charge on any atom is 0.280 e. The van der Waals surface area contributed by atoms with Gasteiger partial charge in [0.15, 0.2) is 0 Å². The third-order valence-corrected chi connectivity index (χ3v) is 3.97. The van der Waals surface area contributed by atoms with E-state index in [1.807, 2.05) is 67.6 Å². The number of para-hydroxylation sites is 1. The summed E-state index contributed by atoms with van der Waals surface area (Å²) in [7, 11) is 0. The summed E-state index contributed by atoms with van der Waals surface area (Å²) in [6.45, 7) is 3.59. The molecule has 1 N–H and O–H groups in total. The Hall–Kier alpha value is -3.08. The van der Waals surface area contributed by atoms with Crippen molar-refractivity contribution in [3.63, 3.8) is 0 Å². The molecule has 122 valence electrons. The van der Waals surface area contributed by atoms with Crippen LogP contribution in [-0.2, 0) is 0 Å². The lowest BCUT2D eigenvalue weighted by molar-refractivity contribution is -0.431. The number of dihydropyridines is 1. The van der Waals surface area contributed by atoms with Gasteiger partial charge in [-0.2, -0.15) is 0 Å². The van der Waals surface area contributed by atoms with E-state index < -0.39 is 5.92 Å². The largest absolute Gasteiger partial charge is 0.459 e. The predicted molar refractivity (Wildman–Crippen MR) is 91.8 cm³/mol. The van der Waals surface area contributed by atoms with Gasteiger partial charge in [-0.15, -0.1) is 0 Å². The first-order valence-electron chi connectivity index (χ1n) is 7.68. The first-order valence-corrected chi connectivity index (χ1v) is 7.68. The molecule has 1 aliphatic rings. The standard InChI is InChI=1S/C19H18N2O3/c1-13-18(21(22)23)17(15-9-5-3-6-10-15)19(14(2)20-13)24-16-11-7-4-8-12-16/h3-12,17,20H,1-2H3. The second kappa shape index (κ2) is 6.58. The molecule has 1 heterocycles. The molecule has 0 bridgehead atoms. The van der Waals surface area contributed by atoms with Gasteiger partial charge < -0.3 is 10.1 Å². The van der Waals surface area contributed by atoms with Crippen LogP contribution in [0.2, 0.25) is 0 Å². The van der Waals surface area contributed by atoms with E-state index in [-0.39, 0.29) is 10.6 Å². The molecule has 1 unspecified atom stereocenters. The van der Waals surface area contributed by atoms with Gasteiger partial charge in [0.1, 0.15) is 17.4 Å². The van der Waals surface area contributed by atoms with Gasteiger partial charge in [-0.3, -0.25) is 10.1 Å². The van der Waals surface area contributed by atoms with Crippen LogP contribution < -0.4 is 10.1 Å². The number of allylic oxidation sites excluding steroid dienone is 2. The van der Waals surface area contributed by atoms with Crippen LogP contribution in [0.5, 0.6) is 5.75 Å². The molecule has 3 rings (SSSR count). The number of nitro groups is 1. The molecular weight excluding hydrogens is 304 g/mol. The summed E-state index contributed by atoms with van der Waals surface area (Å²) < 4.78 is 6.04. The SMILES string of the molecule is CC1=C(Oc2ccccc2)C(c2ccccc2)C([N+](=O)[O-])=C(C)N1. The van der Waals surface area contributed by atoms with Crippen molar-refractivity contribution in [2.75, 3.05) is 0 Å². The van der Waals surface area contributed by atoms with Crippen molar-refractivity contribution in [1.82, 2.24) is 5.32 Å². The molecule has 0 radical (unpaired) electrons. The Bertz CT molecular complexity index is 811. The lowest BCUT2D eigenvalue weighted by Gasteiger charge is -2.27. The van der Waals surface area contributed by atoms with E-state index in [1.54, 1.807) is 6.92 Å². The Morgan fingerprint density at radius 2 is 1.54 bits per heavy atom. The van der Waals surface area contributed by atoms with Crippen molar-refractivity contribution in [2.45, 2.75) is 19.8 Å². The van der Waals surface area contributed by atoms with E-state index in [4.69, 9.17) is 4.74 Å². The van der Waals surface area contributed by atoms with Crippen molar-refractivity contribution >= 4 is 0 Å². The summed E-state index contributed by atoms with van der Waals surface area (Å²) in [5.41, 5.74) is 2.25. The summed E-state index contributed by atoms with van der Waals surface area (Å²) >= 11 is 0. The summed E-state index contributed by atoms with van der Waals surface area (Å²) in [5, 5.41) is 14.8. The average molecular weight is 322 g/mol. The van der Waals surface area contributed by atoms with E-state index >= 15 is 0 Å². The van der Waals surface area contributed by atoms with E-state index in [2.05, 4.69) is 5.32 Å². The molecule has 0 fully saturated rings. The number of ether oxygens (including phenoxy) is 1. The molecule has 2 aromatic rings. The summed E-state index contributed by atoms with van der Waals surface area (Å²) in [4.78, 5) is 11.4. The normalized spacial score (nSPS) is 17.5. The van der Waals surface area contributed by atoms with E-state index in [0.29, 0.717) is 17.2 Å². The van der Waals surface area contributed by atoms with Crippen molar-refractivity contribution in [3.05, 3.63) is 99.2 Å². The Balaban J connectivity index is 2.10. The smallest absolute Gasteiger partial charge is 0.280 e. The zero-order chi connectivity index (χ0) is 17.1. The monoisotopic (exact) mass is 322 g/mol. The first-order chi connectivity index (χ1) is 11.6. The van der Waals surface area contributed by atoms with E-state index in [9.17, 15) is 10.1 Å². The molecule has 0 saturated heterocycles. The first kappa shape index (κ1) is 15.8. The van der Waals surface area contributed by atoms with E-state index in [1.165, 1.54) is 0 Å². The fraction of sp³-hybridized carbons (Fsp3) is 0.158. The fourth-order valence-corrected chi connectivity index (χ4v) is 2.91. The van der Waals surface area contributed by atoms with Gasteiger partial charge in [0.05, 0.1) is 16.3 Å². The van der Waals surface area contributed by atoms with Crippen LogP contribution in [0.4, 0.5) is 0 Å². The number of hydrogen-bond acceptors (Lipinski definition) is 4. The number of hydrogen-bond donors (Lipinski definition) is 1. The van der Waals surface area contributed by atoms with Crippen LogP contribution in [0, 0.1) is 10.1 Å². The molecule has 1 aliphatic heterocycles. The zero-order valence-corrected chi connectivity index (χ0v) is 13.5. The summed E-state index contributed by atoms with van der Waals surface area (Å²) in [5.74, 6) is 0.643. The highest BCUT2D eigenvalue weighted by Gasteiger charge is 2.38. The summed E-state index contributed by atoms with van der Waals surface area (Å²) in [6.07, 6.45) is 0. The van der Waals surface area contributed by atoms with Crippen molar-refractivity contribution in [1.29, 1.82) is 0 Å². The average Bonchev–Trinajstić information content (AvgIpc) is 2.58. The Labute approximate surface area is 140 Å². The maximum atomic E-state index is 11.7. The Morgan fingerprint density at radius 3 is 2.12 bits per heavy atom. The minimum atomic E-state index is -0.553. The molecule has 0 spiro atoms. The molecule has 5 heteroatoms. The predicted octanol–water partition coefficient (Wildman–Crippen LogP) is 4.19. The van der Waals surface area contributed by atoms with Crippen LogP contribution in [0.15, 0.2) is 83.5 Å². The van der Waals surface area contributed by atoms with Crippen LogP contribution in [-0.4, -0.2) is 4.92 Å². The van der Waals surface area contributed by atoms with Gasteiger partial charge in [0, 0.05) is 0 Å². The van der Waals surface area contributed by atoms with Gasteiger partial charge >= 0.3 is 0 Å². The maximum absolute atomic E-state index is 11.7. The van der Waals surface area contributed by atoms with Crippen LogP contribution in [0.25, 0.3) is 0 Å².